The first-order chi connectivity index (χ1) is 12.6. The number of allylic oxidation sites excluding steroid dienone is 1. The van der Waals surface area contributed by atoms with Crippen LogP contribution in [-0.4, -0.2) is 23.0 Å². The van der Waals surface area contributed by atoms with E-state index in [1.165, 1.54) is 0 Å². The Morgan fingerprint density at radius 3 is 2.50 bits per heavy atom. The Morgan fingerprint density at radius 2 is 1.77 bits per heavy atom. The van der Waals surface area contributed by atoms with Crippen molar-refractivity contribution in [2.45, 2.75) is 51.0 Å². The number of carbonyl (C=O) groups is 2. The van der Waals surface area contributed by atoms with E-state index >= 15 is 0 Å². The van der Waals surface area contributed by atoms with E-state index in [9.17, 15) is 14.7 Å². The van der Waals surface area contributed by atoms with Crippen LogP contribution in [0.1, 0.15) is 44.1 Å². The monoisotopic (exact) mass is 353 g/mol. The van der Waals surface area contributed by atoms with Gasteiger partial charge < -0.3 is 10.4 Å². The van der Waals surface area contributed by atoms with Crippen molar-refractivity contribution in [3.05, 3.63) is 60.7 Å². The molecule has 1 atom stereocenters. The van der Waals surface area contributed by atoms with Gasteiger partial charge in [-0.3, -0.25) is 4.79 Å². The Kier molecular flexibility index (Phi) is 7.87. The number of fused-ring (bicyclic) bond motifs is 1. The van der Waals surface area contributed by atoms with Gasteiger partial charge >= 0.3 is 5.97 Å². The summed E-state index contributed by atoms with van der Waals surface area (Å²) >= 11 is 0. The fourth-order valence-electron chi connectivity index (χ4n) is 3.03. The van der Waals surface area contributed by atoms with E-state index in [0.717, 1.165) is 48.4 Å². The summed E-state index contributed by atoms with van der Waals surface area (Å²) in [5.74, 6) is -1.22. The minimum absolute atomic E-state index is 0.188. The predicted molar refractivity (Wildman–Crippen MR) is 105 cm³/mol. The predicted octanol–water partition coefficient (Wildman–Crippen LogP) is 4.48. The number of rotatable bonds is 11. The number of benzene rings is 2. The number of hydrogen-bond acceptors (Lipinski definition) is 2. The summed E-state index contributed by atoms with van der Waals surface area (Å²) in [5.41, 5.74) is 0.884. The lowest BCUT2D eigenvalue weighted by Gasteiger charge is -2.14. The van der Waals surface area contributed by atoms with Crippen molar-refractivity contribution in [1.82, 2.24) is 5.32 Å². The van der Waals surface area contributed by atoms with Crippen molar-refractivity contribution in [3.8, 4) is 0 Å². The van der Waals surface area contributed by atoms with Crippen LogP contribution in [0.25, 0.3) is 10.8 Å². The first-order valence-corrected chi connectivity index (χ1v) is 9.21. The minimum Gasteiger partial charge on any atom is -0.480 e. The molecule has 2 rings (SSSR count). The lowest BCUT2D eigenvalue weighted by Crippen LogP contribution is -2.41. The molecule has 0 fully saturated rings. The normalized spacial score (nSPS) is 11.8. The number of carboxylic acid groups (broad SMARTS) is 1. The van der Waals surface area contributed by atoms with Crippen molar-refractivity contribution in [2.24, 2.45) is 0 Å². The first-order valence-electron chi connectivity index (χ1n) is 9.21. The fraction of sp³-hybridized carbons (Fsp3) is 0.364. The topological polar surface area (TPSA) is 66.4 Å². The lowest BCUT2D eigenvalue weighted by molar-refractivity contribution is -0.142. The maximum atomic E-state index is 12.3. The second-order valence-corrected chi connectivity index (χ2v) is 6.60. The quantitative estimate of drug-likeness (QED) is 0.462. The summed E-state index contributed by atoms with van der Waals surface area (Å²) in [6.45, 7) is 3.69. The van der Waals surface area contributed by atoms with Gasteiger partial charge in [0, 0.05) is 0 Å². The summed E-state index contributed by atoms with van der Waals surface area (Å²) < 4.78 is 0. The molecule has 0 unspecified atom stereocenters. The van der Waals surface area contributed by atoms with Crippen molar-refractivity contribution in [1.29, 1.82) is 0 Å². The van der Waals surface area contributed by atoms with E-state index in [4.69, 9.17) is 0 Å². The van der Waals surface area contributed by atoms with Gasteiger partial charge in [0.2, 0.25) is 5.91 Å². The van der Waals surface area contributed by atoms with Crippen molar-refractivity contribution in [3.63, 3.8) is 0 Å². The van der Waals surface area contributed by atoms with Gasteiger partial charge in [0.1, 0.15) is 6.04 Å². The van der Waals surface area contributed by atoms with E-state index in [1.54, 1.807) is 0 Å². The molecule has 2 N–H and O–H groups in total. The highest BCUT2D eigenvalue weighted by Crippen LogP contribution is 2.16. The highest BCUT2D eigenvalue weighted by molar-refractivity contribution is 5.87. The molecule has 0 aromatic heterocycles. The fourth-order valence-corrected chi connectivity index (χ4v) is 3.03. The molecule has 26 heavy (non-hydrogen) atoms. The number of aliphatic carboxylic acids is 1. The van der Waals surface area contributed by atoms with Crippen molar-refractivity contribution < 1.29 is 14.7 Å². The van der Waals surface area contributed by atoms with Gasteiger partial charge in [-0.2, -0.15) is 0 Å². The highest BCUT2D eigenvalue weighted by Gasteiger charge is 2.19. The summed E-state index contributed by atoms with van der Waals surface area (Å²) in [4.78, 5) is 23.7. The van der Waals surface area contributed by atoms with E-state index < -0.39 is 12.0 Å². The molecular weight excluding hydrogens is 326 g/mol. The Morgan fingerprint density at radius 1 is 1.04 bits per heavy atom. The minimum atomic E-state index is -0.969. The van der Waals surface area contributed by atoms with E-state index in [0.29, 0.717) is 6.42 Å². The van der Waals surface area contributed by atoms with Crippen LogP contribution in [0.5, 0.6) is 0 Å². The van der Waals surface area contributed by atoms with Gasteiger partial charge in [-0.25, -0.2) is 4.79 Å². The zero-order valence-corrected chi connectivity index (χ0v) is 15.1. The third kappa shape index (κ3) is 6.36. The molecule has 4 heteroatoms. The SMILES string of the molecule is C=CCCCCCC[C@H](NC(=O)Cc1ccc2ccccc2c1)C(=O)O. The summed E-state index contributed by atoms with van der Waals surface area (Å²) in [6, 6.07) is 13.0. The number of nitrogens with one attached hydrogen (secondary N) is 1. The van der Waals surface area contributed by atoms with Crippen molar-refractivity contribution >= 4 is 22.6 Å². The molecule has 0 aliphatic carbocycles. The van der Waals surface area contributed by atoms with Crippen LogP contribution in [0.2, 0.25) is 0 Å². The standard InChI is InChI=1S/C22H27NO3/c1-2-3-4-5-6-7-12-20(22(25)26)23-21(24)16-17-13-14-18-10-8-9-11-19(18)15-17/h2,8-11,13-15,20H,1,3-7,12,16H2,(H,23,24)(H,25,26)/t20-/m0/s1. The van der Waals surface area contributed by atoms with Gasteiger partial charge in [0.05, 0.1) is 6.42 Å². The number of hydrogen-bond donors (Lipinski definition) is 2. The number of carboxylic acids is 1. The van der Waals surface area contributed by atoms with Gasteiger partial charge in [0.15, 0.2) is 0 Å². The smallest absolute Gasteiger partial charge is 0.326 e. The van der Waals surface area contributed by atoms with Crippen LogP contribution < -0.4 is 5.32 Å². The zero-order chi connectivity index (χ0) is 18.8. The van der Waals surface area contributed by atoms with Gasteiger partial charge in [0.25, 0.3) is 0 Å². The average Bonchev–Trinajstić information content (AvgIpc) is 2.63. The molecular formula is C22H27NO3. The molecule has 0 spiro atoms. The molecule has 0 radical (unpaired) electrons. The number of amides is 1. The Bertz CT molecular complexity index is 754. The molecule has 0 bridgehead atoms. The van der Waals surface area contributed by atoms with Crippen LogP contribution in [0, 0.1) is 0 Å². The molecule has 0 heterocycles. The largest absolute Gasteiger partial charge is 0.480 e. The van der Waals surface area contributed by atoms with Gasteiger partial charge in [-0.15, -0.1) is 6.58 Å². The second-order valence-electron chi connectivity index (χ2n) is 6.60. The summed E-state index contributed by atoms with van der Waals surface area (Å²) in [6.07, 6.45) is 7.44. The van der Waals surface area contributed by atoms with E-state index in [2.05, 4.69) is 11.9 Å². The third-order valence-electron chi connectivity index (χ3n) is 4.46. The molecule has 138 valence electrons. The Hall–Kier alpha value is -2.62. The first kappa shape index (κ1) is 19.7. The zero-order valence-electron chi connectivity index (χ0n) is 15.1. The van der Waals surface area contributed by atoms with Gasteiger partial charge in [-0.05, 0) is 35.6 Å². The number of unbranched alkanes of at least 4 members (excludes halogenated alkanes) is 4. The summed E-state index contributed by atoms with van der Waals surface area (Å²) in [5, 5.41) is 14.2. The van der Waals surface area contributed by atoms with Crippen LogP contribution in [0.15, 0.2) is 55.1 Å². The number of carbonyl (C=O) groups excluding carboxylic acids is 1. The van der Waals surface area contributed by atoms with Crippen LogP contribution in [-0.2, 0) is 16.0 Å². The molecule has 1 amide bonds. The van der Waals surface area contributed by atoms with Crippen LogP contribution in [0.3, 0.4) is 0 Å². The summed E-state index contributed by atoms with van der Waals surface area (Å²) in [7, 11) is 0. The Balaban J connectivity index is 1.84. The average molecular weight is 353 g/mol. The molecule has 0 aliphatic rings. The molecule has 0 aliphatic heterocycles. The molecule has 0 saturated heterocycles. The molecule has 4 nitrogen and oxygen atoms in total. The van der Waals surface area contributed by atoms with E-state index in [-0.39, 0.29) is 12.3 Å². The third-order valence-corrected chi connectivity index (χ3v) is 4.46. The van der Waals surface area contributed by atoms with Crippen molar-refractivity contribution in [2.75, 3.05) is 0 Å². The maximum Gasteiger partial charge on any atom is 0.326 e. The molecule has 2 aromatic carbocycles. The highest BCUT2D eigenvalue weighted by atomic mass is 16.4. The lowest BCUT2D eigenvalue weighted by atomic mass is 10.0. The molecule has 2 aromatic rings. The Labute approximate surface area is 154 Å². The second kappa shape index (κ2) is 10.4. The van der Waals surface area contributed by atoms with Gasteiger partial charge in [-0.1, -0.05) is 67.8 Å². The maximum absolute atomic E-state index is 12.3. The molecule has 0 saturated carbocycles. The van der Waals surface area contributed by atoms with Crippen LogP contribution >= 0.6 is 0 Å². The van der Waals surface area contributed by atoms with E-state index in [1.807, 2.05) is 48.5 Å². The van der Waals surface area contributed by atoms with Crippen LogP contribution in [0.4, 0.5) is 0 Å².